The molecule has 0 aliphatic carbocycles. The van der Waals surface area contributed by atoms with Crippen LogP contribution < -0.4 is 4.90 Å². The van der Waals surface area contributed by atoms with Gasteiger partial charge in [0, 0.05) is 28.2 Å². The minimum absolute atomic E-state index is 0.165. The molecule has 3 nitrogen and oxygen atoms in total. The minimum Gasteiger partial charge on any atom is -0.350 e. The Labute approximate surface area is 132 Å². The van der Waals surface area contributed by atoms with Crippen LogP contribution in [0, 0.1) is 5.82 Å². The highest BCUT2D eigenvalue weighted by molar-refractivity contribution is 6.31. The van der Waals surface area contributed by atoms with Crippen molar-refractivity contribution in [3.05, 3.63) is 65.1 Å². The molecule has 0 atom stereocenters. The van der Waals surface area contributed by atoms with E-state index >= 15 is 0 Å². The van der Waals surface area contributed by atoms with Gasteiger partial charge < -0.3 is 9.88 Å². The van der Waals surface area contributed by atoms with Crippen molar-refractivity contribution in [3.63, 3.8) is 0 Å². The number of anilines is 1. The Morgan fingerprint density at radius 1 is 1.18 bits per heavy atom. The molecular formula is C17H14ClFN2O. The second-order valence-corrected chi connectivity index (χ2v) is 5.38. The summed E-state index contributed by atoms with van der Waals surface area (Å²) in [6.45, 7) is 2.36. The number of halogens is 2. The highest BCUT2D eigenvalue weighted by atomic mass is 35.5. The first-order valence-corrected chi connectivity index (χ1v) is 7.32. The topological polar surface area (TPSA) is 36.1 Å². The molecule has 3 rings (SSSR count). The van der Waals surface area contributed by atoms with Gasteiger partial charge in [0.1, 0.15) is 11.5 Å². The summed E-state index contributed by atoms with van der Waals surface area (Å²) in [4.78, 5) is 17.4. The Morgan fingerprint density at radius 2 is 1.91 bits per heavy atom. The molecular weight excluding hydrogens is 303 g/mol. The van der Waals surface area contributed by atoms with E-state index in [0.717, 1.165) is 10.9 Å². The number of nitrogens with zero attached hydrogens (tertiary/aromatic N) is 1. The zero-order valence-electron chi connectivity index (χ0n) is 11.9. The lowest BCUT2D eigenvalue weighted by Crippen LogP contribution is -2.30. The van der Waals surface area contributed by atoms with Crippen molar-refractivity contribution >= 4 is 34.1 Å². The van der Waals surface area contributed by atoms with Crippen LogP contribution in [-0.4, -0.2) is 17.4 Å². The summed E-state index contributed by atoms with van der Waals surface area (Å²) in [6.07, 6.45) is 0. The zero-order chi connectivity index (χ0) is 15.7. The predicted octanol–water partition coefficient (Wildman–Crippen LogP) is 4.63. The lowest BCUT2D eigenvalue weighted by atomic mass is 10.2. The molecule has 22 heavy (non-hydrogen) atoms. The van der Waals surface area contributed by atoms with Crippen LogP contribution in [0.1, 0.15) is 17.4 Å². The summed E-state index contributed by atoms with van der Waals surface area (Å²) in [6, 6.07) is 13.1. The van der Waals surface area contributed by atoms with Gasteiger partial charge >= 0.3 is 0 Å². The summed E-state index contributed by atoms with van der Waals surface area (Å²) in [5.41, 5.74) is 1.94. The SMILES string of the molecule is CCN(C(=O)c1cc2ccc(Cl)cc2[nH]1)c1ccc(F)cc1. The average molecular weight is 317 g/mol. The average Bonchev–Trinajstić information content (AvgIpc) is 2.92. The Bertz CT molecular complexity index is 826. The van der Waals surface area contributed by atoms with Gasteiger partial charge in [0.05, 0.1) is 0 Å². The highest BCUT2D eigenvalue weighted by Gasteiger charge is 2.18. The van der Waals surface area contributed by atoms with Gasteiger partial charge in [-0.3, -0.25) is 4.79 Å². The Hall–Kier alpha value is -2.33. The van der Waals surface area contributed by atoms with Crippen molar-refractivity contribution in [2.24, 2.45) is 0 Å². The Balaban J connectivity index is 1.97. The summed E-state index contributed by atoms with van der Waals surface area (Å²) in [5, 5.41) is 1.53. The summed E-state index contributed by atoms with van der Waals surface area (Å²) in [5.74, 6) is -0.492. The lowest BCUT2D eigenvalue weighted by Gasteiger charge is -2.20. The molecule has 0 saturated carbocycles. The minimum atomic E-state index is -0.326. The molecule has 0 aliphatic rings. The second-order valence-electron chi connectivity index (χ2n) is 4.94. The number of hydrogen-bond donors (Lipinski definition) is 1. The van der Waals surface area contributed by atoms with Crippen LogP contribution in [-0.2, 0) is 0 Å². The van der Waals surface area contributed by atoms with Crippen molar-refractivity contribution in [2.45, 2.75) is 6.92 Å². The number of amides is 1. The van der Waals surface area contributed by atoms with Gasteiger partial charge in [-0.15, -0.1) is 0 Å². The number of carbonyl (C=O) groups excluding carboxylic acids is 1. The number of aromatic amines is 1. The number of benzene rings is 2. The van der Waals surface area contributed by atoms with E-state index in [9.17, 15) is 9.18 Å². The van der Waals surface area contributed by atoms with Crippen molar-refractivity contribution in [2.75, 3.05) is 11.4 Å². The van der Waals surface area contributed by atoms with Crippen molar-refractivity contribution < 1.29 is 9.18 Å². The van der Waals surface area contributed by atoms with E-state index in [0.29, 0.717) is 22.9 Å². The molecule has 0 radical (unpaired) electrons. The van der Waals surface area contributed by atoms with Crippen LogP contribution in [0.25, 0.3) is 10.9 Å². The van der Waals surface area contributed by atoms with E-state index in [2.05, 4.69) is 4.98 Å². The molecule has 0 aliphatic heterocycles. The molecule has 1 N–H and O–H groups in total. The first-order chi connectivity index (χ1) is 10.6. The van der Waals surface area contributed by atoms with Gasteiger partial charge in [-0.05, 0) is 49.4 Å². The van der Waals surface area contributed by atoms with Crippen LogP contribution in [0.4, 0.5) is 10.1 Å². The molecule has 2 aromatic carbocycles. The van der Waals surface area contributed by atoms with Crippen LogP contribution in [0.2, 0.25) is 5.02 Å². The summed E-state index contributed by atoms with van der Waals surface area (Å²) >= 11 is 5.96. The van der Waals surface area contributed by atoms with Crippen LogP contribution in [0.3, 0.4) is 0 Å². The van der Waals surface area contributed by atoms with Crippen molar-refractivity contribution in [1.29, 1.82) is 0 Å². The smallest absolute Gasteiger partial charge is 0.274 e. The third-order valence-electron chi connectivity index (χ3n) is 3.51. The molecule has 3 aromatic rings. The van der Waals surface area contributed by atoms with Gasteiger partial charge in [-0.1, -0.05) is 17.7 Å². The van der Waals surface area contributed by atoms with E-state index in [4.69, 9.17) is 11.6 Å². The monoisotopic (exact) mass is 316 g/mol. The van der Waals surface area contributed by atoms with E-state index in [1.807, 2.05) is 13.0 Å². The molecule has 0 unspecified atom stereocenters. The first kappa shape index (κ1) is 14.6. The maximum atomic E-state index is 13.0. The third kappa shape index (κ3) is 2.70. The Kier molecular flexibility index (Phi) is 3.86. The molecule has 1 heterocycles. The number of rotatable bonds is 3. The van der Waals surface area contributed by atoms with Gasteiger partial charge in [0.15, 0.2) is 0 Å². The van der Waals surface area contributed by atoms with Gasteiger partial charge in [-0.25, -0.2) is 4.39 Å². The molecule has 1 aromatic heterocycles. The zero-order valence-corrected chi connectivity index (χ0v) is 12.7. The fourth-order valence-electron chi connectivity index (χ4n) is 2.42. The number of H-pyrrole nitrogens is 1. The van der Waals surface area contributed by atoms with E-state index in [1.54, 1.807) is 35.2 Å². The molecule has 0 saturated heterocycles. The molecule has 1 amide bonds. The molecule has 0 fully saturated rings. The summed E-state index contributed by atoms with van der Waals surface area (Å²) < 4.78 is 13.0. The quantitative estimate of drug-likeness (QED) is 0.751. The second kappa shape index (κ2) is 5.81. The number of fused-ring (bicyclic) bond motifs is 1. The van der Waals surface area contributed by atoms with E-state index in [-0.39, 0.29) is 11.7 Å². The van der Waals surface area contributed by atoms with Gasteiger partial charge in [0.25, 0.3) is 5.91 Å². The maximum absolute atomic E-state index is 13.0. The van der Waals surface area contributed by atoms with Crippen LogP contribution in [0.15, 0.2) is 48.5 Å². The maximum Gasteiger partial charge on any atom is 0.274 e. The predicted molar refractivity (Wildman–Crippen MR) is 87.1 cm³/mol. The van der Waals surface area contributed by atoms with Crippen molar-refractivity contribution in [1.82, 2.24) is 4.98 Å². The van der Waals surface area contributed by atoms with Crippen molar-refractivity contribution in [3.8, 4) is 0 Å². The number of nitrogens with one attached hydrogen (secondary N) is 1. The number of hydrogen-bond acceptors (Lipinski definition) is 1. The van der Waals surface area contributed by atoms with Gasteiger partial charge in [-0.2, -0.15) is 0 Å². The number of aromatic nitrogens is 1. The van der Waals surface area contributed by atoms with Crippen LogP contribution >= 0.6 is 11.6 Å². The standard InChI is InChI=1S/C17H14ClFN2O/c1-2-21(14-7-5-13(19)6-8-14)17(22)16-9-11-3-4-12(18)10-15(11)20-16/h3-10,20H,2H2,1H3. The largest absolute Gasteiger partial charge is 0.350 e. The lowest BCUT2D eigenvalue weighted by molar-refractivity contribution is 0.0984. The molecule has 0 spiro atoms. The Morgan fingerprint density at radius 3 is 2.59 bits per heavy atom. The normalized spacial score (nSPS) is 10.9. The molecule has 112 valence electrons. The van der Waals surface area contributed by atoms with Gasteiger partial charge in [0.2, 0.25) is 0 Å². The van der Waals surface area contributed by atoms with E-state index < -0.39 is 0 Å². The highest BCUT2D eigenvalue weighted by Crippen LogP contribution is 2.22. The van der Waals surface area contributed by atoms with Crippen LogP contribution in [0.5, 0.6) is 0 Å². The first-order valence-electron chi connectivity index (χ1n) is 6.94. The number of carbonyl (C=O) groups is 1. The fourth-order valence-corrected chi connectivity index (χ4v) is 2.60. The summed E-state index contributed by atoms with van der Waals surface area (Å²) in [7, 11) is 0. The molecule has 0 bridgehead atoms. The van der Waals surface area contributed by atoms with E-state index in [1.165, 1.54) is 12.1 Å². The fraction of sp³-hybridized carbons (Fsp3) is 0.118. The third-order valence-corrected chi connectivity index (χ3v) is 3.75. The molecule has 5 heteroatoms.